The molecule has 0 radical (unpaired) electrons. The third-order valence-corrected chi connectivity index (χ3v) is 5.07. The summed E-state index contributed by atoms with van der Waals surface area (Å²) < 4.78 is 0. The van der Waals surface area contributed by atoms with Gasteiger partial charge in [0.2, 0.25) is 0 Å². The molecule has 31 heavy (non-hydrogen) atoms. The first-order chi connectivity index (χ1) is 15.3. The Kier molecular flexibility index (Phi) is 5.08. The van der Waals surface area contributed by atoms with Gasteiger partial charge in [0, 0.05) is 23.9 Å². The lowest BCUT2D eigenvalue weighted by Crippen LogP contribution is -2.14. The first-order valence-electron chi connectivity index (χ1n) is 10.0. The largest absolute Gasteiger partial charge is 0.340 e. The van der Waals surface area contributed by atoms with Crippen LogP contribution in [0.4, 0.5) is 0 Å². The Bertz CT molecular complexity index is 1370. The molecule has 0 amide bonds. The van der Waals surface area contributed by atoms with Crippen molar-refractivity contribution in [2.75, 3.05) is 0 Å². The molecule has 0 saturated heterocycles. The highest BCUT2D eigenvalue weighted by molar-refractivity contribution is 5.89. The number of nitrogens with zero attached hydrogens (tertiary/aromatic N) is 3. The molecule has 0 fully saturated rings. The number of benzene rings is 2. The van der Waals surface area contributed by atoms with Gasteiger partial charge in [0.1, 0.15) is 5.82 Å². The van der Waals surface area contributed by atoms with E-state index < -0.39 is 0 Å². The highest BCUT2D eigenvalue weighted by atomic mass is 16.1. The van der Waals surface area contributed by atoms with Gasteiger partial charge in [0.15, 0.2) is 0 Å². The van der Waals surface area contributed by atoms with Crippen molar-refractivity contribution in [1.29, 1.82) is 0 Å². The van der Waals surface area contributed by atoms with E-state index in [9.17, 15) is 4.79 Å². The molecule has 3 N–H and O–H groups in total. The van der Waals surface area contributed by atoms with Gasteiger partial charge in [0.25, 0.3) is 0 Å². The fourth-order valence-corrected chi connectivity index (χ4v) is 3.55. The first kappa shape index (κ1) is 18.9. The molecule has 152 valence electrons. The lowest BCUT2D eigenvalue weighted by atomic mass is 9.98. The molecule has 5 rings (SSSR count). The highest BCUT2D eigenvalue weighted by Gasteiger charge is 2.12. The van der Waals surface area contributed by atoms with E-state index in [1.807, 2.05) is 30.3 Å². The minimum absolute atomic E-state index is 0.298. The SMILES string of the molecule is O=c1[nH]nc(CNCc2ccc(-c3nc4cccnc4cc3-c3ccccc3)cc2)[nH]1. The second-order valence-electron chi connectivity index (χ2n) is 7.22. The van der Waals surface area contributed by atoms with Gasteiger partial charge in [0.05, 0.1) is 23.3 Å². The number of nitrogens with one attached hydrogen (secondary N) is 3. The molecule has 5 aromatic rings. The van der Waals surface area contributed by atoms with Crippen molar-refractivity contribution in [3.63, 3.8) is 0 Å². The Labute approximate surface area is 178 Å². The molecular weight excluding hydrogens is 388 g/mol. The van der Waals surface area contributed by atoms with Crippen LogP contribution in [-0.4, -0.2) is 25.1 Å². The van der Waals surface area contributed by atoms with E-state index >= 15 is 0 Å². The van der Waals surface area contributed by atoms with Crippen molar-refractivity contribution in [3.8, 4) is 22.4 Å². The van der Waals surface area contributed by atoms with E-state index in [0.29, 0.717) is 18.9 Å². The number of H-pyrrole nitrogens is 2. The molecule has 0 atom stereocenters. The van der Waals surface area contributed by atoms with Gasteiger partial charge in [-0.3, -0.25) is 9.97 Å². The number of rotatable bonds is 6. The van der Waals surface area contributed by atoms with E-state index in [1.165, 1.54) is 0 Å². The summed E-state index contributed by atoms with van der Waals surface area (Å²) in [6.45, 7) is 1.15. The van der Waals surface area contributed by atoms with Crippen LogP contribution in [0.25, 0.3) is 33.4 Å². The molecule has 3 heterocycles. The van der Waals surface area contributed by atoms with Crippen molar-refractivity contribution in [1.82, 2.24) is 30.5 Å². The summed E-state index contributed by atoms with van der Waals surface area (Å²) in [5, 5.41) is 9.53. The summed E-state index contributed by atoms with van der Waals surface area (Å²) in [6, 6.07) is 24.6. The Morgan fingerprint density at radius 1 is 0.839 bits per heavy atom. The Hall–Kier alpha value is -4.10. The fraction of sp³-hybridized carbons (Fsp3) is 0.0833. The number of pyridine rings is 2. The van der Waals surface area contributed by atoms with Crippen LogP contribution in [-0.2, 0) is 13.1 Å². The molecule has 0 spiro atoms. The quantitative estimate of drug-likeness (QED) is 0.398. The second-order valence-corrected chi connectivity index (χ2v) is 7.22. The maximum atomic E-state index is 11.1. The van der Waals surface area contributed by atoms with Crippen LogP contribution in [0.1, 0.15) is 11.4 Å². The zero-order valence-electron chi connectivity index (χ0n) is 16.7. The lowest BCUT2D eigenvalue weighted by Gasteiger charge is -2.12. The zero-order valence-corrected chi connectivity index (χ0v) is 16.7. The van der Waals surface area contributed by atoms with Crippen molar-refractivity contribution < 1.29 is 0 Å². The van der Waals surface area contributed by atoms with Crippen LogP contribution in [0, 0.1) is 0 Å². The van der Waals surface area contributed by atoms with Crippen molar-refractivity contribution in [2.45, 2.75) is 13.1 Å². The van der Waals surface area contributed by atoms with Gasteiger partial charge in [-0.05, 0) is 29.3 Å². The Morgan fingerprint density at radius 3 is 2.45 bits per heavy atom. The number of hydrogen-bond acceptors (Lipinski definition) is 5. The van der Waals surface area contributed by atoms with Crippen LogP contribution >= 0.6 is 0 Å². The molecular formula is C24H20N6O. The summed E-state index contributed by atoms with van der Waals surface area (Å²) in [7, 11) is 0. The molecule has 3 aromatic heterocycles. The third-order valence-electron chi connectivity index (χ3n) is 5.07. The van der Waals surface area contributed by atoms with Gasteiger partial charge < -0.3 is 5.32 Å². The predicted octanol–water partition coefficient (Wildman–Crippen LogP) is 3.67. The van der Waals surface area contributed by atoms with Gasteiger partial charge in [-0.2, -0.15) is 5.10 Å². The van der Waals surface area contributed by atoms with Crippen LogP contribution < -0.4 is 11.0 Å². The second kappa shape index (κ2) is 8.33. The maximum Gasteiger partial charge on any atom is 0.340 e. The van der Waals surface area contributed by atoms with Crippen molar-refractivity contribution in [2.24, 2.45) is 0 Å². The average Bonchev–Trinajstić information content (AvgIpc) is 3.24. The minimum atomic E-state index is -0.298. The zero-order chi connectivity index (χ0) is 21.0. The number of aromatic amines is 2. The standard InChI is InChI=1S/C24H20N6O/c31-24-28-22(29-30-24)15-25-14-16-8-10-18(11-9-16)23-19(17-5-2-1-3-6-17)13-21-20(27-23)7-4-12-26-21/h1-13,25H,14-15H2,(H2,28,29,30,31). The van der Waals surface area contributed by atoms with E-state index in [-0.39, 0.29) is 5.69 Å². The lowest BCUT2D eigenvalue weighted by molar-refractivity contribution is 0.664. The summed E-state index contributed by atoms with van der Waals surface area (Å²) in [4.78, 5) is 23.1. The number of aromatic nitrogens is 5. The minimum Gasteiger partial charge on any atom is -0.306 e. The number of hydrogen-bond donors (Lipinski definition) is 3. The van der Waals surface area contributed by atoms with E-state index in [1.54, 1.807) is 6.20 Å². The van der Waals surface area contributed by atoms with Crippen molar-refractivity contribution in [3.05, 3.63) is 101 Å². The molecule has 0 bridgehead atoms. The smallest absolute Gasteiger partial charge is 0.306 e. The maximum absolute atomic E-state index is 11.1. The van der Waals surface area contributed by atoms with E-state index in [2.05, 4.69) is 67.9 Å². The topological polar surface area (TPSA) is 99.3 Å². The van der Waals surface area contributed by atoms with Crippen LogP contribution in [0.3, 0.4) is 0 Å². The summed E-state index contributed by atoms with van der Waals surface area (Å²) in [6.07, 6.45) is 1.79. The normalized spacial score (nSPS) is 11.1. The monoisotopic (exact) mass is 408 g/mol. The molecule has 0 aliphatic heterocycles. The molecule has 0 aliphatic carbocycles. The summed E-state index contributed by atoms with van der Waals surface area (Å²) in [5.41, 5.74) is 6.72. The average molecular weight is 408 g/mol. The molecule has 0 saturated carbocycles. The van der Waals surface area contributed by atoms with Gasteiger partial charge in [-0.25, -0.2) is 14.9 Å². The molecule has 0 aliphatic rings. The highest BCUT2D eigenvalue weighted by Crippen LogP contribution is 2.32. The molecule has 0 unspecified atom stereocenters. The Morgan fingerprint density at radius 2 is 1.68 bits per heavy atom. The van der Waals surface area contributed by atoms with Crippen molar-refractivity contribution >= 4 is 11.0 Å². The third kappa shape index (κ3) is 4.12. The first-order valence-corrected chi connectivity index (χ1v) is 10.0. The van der Waals surface area contributed by atoms with Gasteiger partial charge in [-0.1, -0.05) is 54.6 Å². The van der Waals surface area contributed by atoms with Crippen LogP contribution in [0.2, 0.25) is 0 Å². The molecule has 7 heteroatoms. The predicted molar refractivity (Wildman–Crippen MR) is 120 cm³/mol. The summed E-state index contributed by atoms with van der Waals surface area (Å²) >= 11 is 0. The van der Waals surface area contributed by atoms with E-state index in [0.717, 1.165) is 39.0 Å². The Balaban J connectivity index is 1.43. The number of fused-ring (bicyclic) bond motifs is 1. The van der Waals surface area contributed by atoms with Gasteiger partial charge >= 0.3 is 5.69 Å². The van der Waals surface area contributed by atoms with Crippen LogP contribution in [0.5, 0.6) is 0 Å². The van der Waals surface area contributed by atoms with Gasteiger partial charge in [-0.15, -0.1) is 0 Å². The molecule has 7 nitrogen and oxygen atoms in total. The van der Waals surface area contributed by atoms with E-state index in [4.69, 9.17) is 4.98 Å². The fourth-order valence-electron chi connectivity index (χ4n) is 3.55. The van der Waals surface area contributed by atoms with Crippen LogP contribution in [0.15, 0.2) is 83.8 Å². The molecule has 2 aromatic carbocycles. The summed E-state index contributed by atoms with van der Waals surface area (Å²) in [5.74, 6) is 0.586.